The molecule has 0 aliphatic rings. The Hall–Kier alpha value is -5.28. The van der Waals surface area contributed by atoms with Crippen molar-refractivity contribution >= 4 is 65.4 Å². The van der Waals surface area contributed by atoms with Gasteiger partial charge in [0.05, 0.1) is 27.6 Å². The average molecular weight is 498 g/mol. The van der Waals surface area contributed by atoms with Crippen molar-refractivity contribution in [2.75, 3.05) is 0 Å². The summed E-state index contributed by atoms with van der Waals surface area (Å²) < 4.78 is 4.76. The van der Waals surface area contributed by atoms with Crippen LogP contribution in [0.4, 0.5) is 0 Å². The molecule has 9 aromatic rings. The number of aromatic nitrogens is 3. The highest BCUT2D eigenvalue weighted by atomic mass is 15.0. The standard InChI is InChI=1S/C36H23N3/c1-3-11-23(12-4-1)38-32-18-10-8-16-27(32)35-33(38)20-19-26-28-21-29-25-15-7-9-17-31(25)39(24-13-5-2-6-14-24)34(29)22-30(28)37-36(26)35/h1-22,37H. The van der Waals surface area contributed by atoms with Crippen molar-refractivity contribution in [1.29, 1.82) is 0 Å². The highest BCUT2D eigenvalue weighted by Gasteiger charge is 2.19. The highest BCUT2D eigenvalue weighted by Crippen LogP contribution is 2.41. The molecule has 6 aromatic carbocycles. The van der Waals surface area contributed by atoms with E-state index in [1.54, 1.807) is 0 Å². The summed E-state index contributed by atoms with van der Waals surface area (Å²) in [5.41, 5.74) is 9.56. The summed E-state index contributed by atoms with van der Waals surface area (Å²) in [6.45, 7) is 0. The van der Waals surface area contributed by atoms with E-state index in [0.29, 0.717) is 0 Å². The van der Waals surface area contributed by atoms with Crippen molar-refractivity contribution in [2.24, 2.45) is 0 Å². The van der Waals surface area contributed by atoms with E-state index in [4.69, 9.17) is 0 Å². The largest absolute Gasteiger partial charge is 0.354 e. The average Bonchev–Trinajstić information content (AvgIpc) is 3.64. The lowest BCUT2D eigenvalue weighted by Crippen LogP contribution is -1.92. The Labute approximate surface area is 224 Å². The molecule has 0 atom stereocenters. The lowest BCUT2D eigenvalue weighted by molar-refractivity contribution is 1.18. The first-order valence-corrected chi connectivity index (χ1v) is 13.4. The smallest absolute Gasteiger partial charge is 0.0566 e. The molecule has 0 spiro atoms. The van der Waals surface area contributed by atoms with E-state index in [2.05, 4.69) is 148 Å². The van der Waals surface area contributed by atoms with Crippen LogP contribution in [-0.2, 0) is 0 Å². The van der Waals surface area contributed by atoms with Gasteiger partial charge in [-0.15, -0.1) is 0 Å². The summed E-state index contributed by atoms with van der Waals surface area (Å²) in [5, 5.41) is 7.59. The predicted molar refractivity (Wildman–Crippen MR) is 164 cm³/mol. The van der Waals surface area contributed by atoms with Gasteiger partial charge in [-0.2, -0.15) is 0 Å². The minimum absolute atomic E-state index is 1.15. The van der Waals surface area contributed by atoms with Gasteiger partial charge in [-0.1, -0.05) is 78.9 Å². The fourth-order valence-electron chi connectivity index (χ4n) is 6.60. The van der Waals surface area contributed by atoms with E-state index < -0.39 is 0 Å². The number of aromatic amines is 1. The number of nitrogens with zero attached hydrogens (tertiary/aromatic N) is 2. The molecule has 39 heavy (non-hydrogen) atoms. The van der Waals surface area contributed by atoms with Crippen LogP contribution in [-0.4, -0.2) is 14.1 Å². The third-order valence-electron chi connectivity index (χ3n) is 8.23. The fraction of sp³-hybridized carbons (Fsp3) is 0. The molecule has 0 aliphatic heterocycles. The van der Waals surface area contributed by atoms with Crippen LogP contribution in [0.15, 0.2) is 133 Å². The Kier molecular flexibility index (Phi) is 4.05. The molecule has 1 N–H and O–H groups in total. The van der Waals surface area contributed by atoms with Gasteiger partial charge in [-0.05, 0) is 54.6 Å². The second kappa shape index (κ2) is 7.62. The van der Waals surface area contributed by atoms with E-state index in [1.165, 1.54) is 71.3 Å². The van der Waals surface area contributed by atoms with Crippen molar-refractivity contribution in [3.05, 3.63) is 133 Å². The Balaban J connectivity index is 1.43. The number of hydrogen-bond donors (Lipinski definition) is 1. The summed E-state index contributed by atoms with van der Waals surface area (Å²) >= 11 is 0. The van der Waals surface area contributed by atoms with Crippen LogP contribution in [0.3, 0.4) is 0 Å². The van der Waals surface area contributed by atoms with E-state index in [0.717, 1.165) is 5.52 Å². The molecule has 3 nitrogen and oxygen atoms in total. The second-order valence-electron chi connectivity index (χ2n) is 10.3. The van der Waals surface area contributed by atoms with E-state index >= 15 is 0 Å². The number of rotatable bonds is 2. The highest BCUT2D eigenvalue weighted by molar-refractivity contribution is 6.27. The second-order valence-corrected chi connectivity index (χ2v) is 10.3. The number of fused-ring (bicyclic) bond motifs is 10. The molecule has 0 aliphatic carbocycles. The number of para-hydroxylation sites is 4. The van der Waals surface area contributed by atoms with Crippen molar-refractivity contribution in [3.8, 4) is 11.4 Å². The van der Waals surface area contributed by atoms with Crippen molar-refractivity contribution in [3.63, 3.8) is 0 Å². The number of nitrogens with one attached hydrogen (secondary N) is 1. The molecule has 3 heteroatoms. The van der Waals surface area contributed by atoms with Crippen LogP contribution in [0.2, 0.25) is 0 Å². The third-order valence-corrected chi connectivity index (χ3v) is 8.23. The van der Waals surface area contributed by atoms with Gasteiger partial charge in [0.15, 0.2) is 0 Å². The Morgan fingerprint density at radius 1 is 0.385 bits per heavy atom. The quantitative estimate of drug-likeness (QED) is 0.246. The summed E-state index contributed by atoms with van der Waals surface area (Å²) in [6, 6.07) is 48.1. The van der Waals surface area contributed by atoms with Gasteiger partial charge in [0, 0.05) is 49.2 Å². The van der Waals surface area contributed by atoms with Gasteiger partial charge >= 0.3 is 0 Å². The fourth-order valence-corrected chi connectivity index (χ4v) is 6.60. The van der Waals surface area contributed by atoms with Gasteiger partial charge in [-0.3, -0.25) is 0 Å². The topological polar surface area (TPSA) is 25.6 Å². The monoisotopic (exact) mass is 497 g/mol. The molecule has 3 aromatic heterocycles. The molecule has 3 heterocycles. The zero-order chi connectivity index (χ0) is 25.5. The van der Waals surface area contributed by atoms with Crippen molar-refractivity contribution < 1.29 is 0 Å². The van der Waals surface area contributed by atoms with E-state index in [-0.39, 0.29) is 0 Å². The molecule has 0 saturated heterocycles. The molecule has 0 unspecified atom stereocenters. The van der Waals surface area contributed by atoms with Gasteiger partial charge < -0.3 is 14.1 Å². The van der Waals surface area contributed by atoms with Crippen LogP contribution < -0.4 is 0 Å². The lowest BCUT2D eigenvalue weighted by atomic mass is 10.1. The first-order chi connectivity index (χ1) is 19.4. The third kappa shape index (κ3) is 2.76. The molecular formula is C36H23N3. The summed E-state index contributed by atoms with van der Waals surface area (Å²) in [5.74, 6) is 0. The molecule has 0 fully saturated rings. The normalized spacial score (nSPS) is 12.1. The van der Waals surface area contributed by atoms with Crippen LogP contribution in [0, 0.1) is 0 Å². The van der Waals surface area contributed by atoms with E-state index in [9.17, 15) is 0 Å². The number of benzene rings is 6. The van der Waals surface area contributed by atoms with Crippen LogP contribution >= 0.6 is 0 Å². The molecule has 0 saturated carbocycles. The molecule has 0 radical (unpaired) electrons. The number of H-pyrrole nitrogens is 1. The van der Waals surface area contributed by atoms with Crippen molar-refractivity contribution in [2.45, 2.75) is 0 Å². The molecule has 0 amide bonds. The summed E-state index contributed by atoms with van der Waals surface area (Å²) in [7, 11) is 0. The van der Waals surface area contributed by atoms with Crippen molar-refractivity contribution in [1.82, 2.24) is 14.1 Å². The zero-order valence-electron chi connectivity index (χ0n) is 21.1. The van der Waals surface area contributed by atoms with Gasteiger partial charge in [-0.25, -0.2) is 0 Å². The SMILES string of the molecule is c1ccc(-n2c3ccccc3c3cc4c(cc32)[nH]c2c4ccc3c2c2ccccc2n3-c2ccccc2)cc1. The molecule has 9 rings (SSSR count). The minimum atomic E-state index is 1.15. The maximum atomic E-state index is 3.87. The van der Waals surface area contributed by atoms with Gasteiger partial charge in [0.25, 0.3) is 0 Å². The van der Waals surface area contributed by atoms with Crippen LogP contribution in [0.1, 0.15) is 0 Å². The molecule has 0 bridgehead atoms. The Morgan fingerprint density at radius 3 is 1.69 bits per heavy atom. The summed E-state index contributed by atoms with van der Waals surface area (Å²) in [6.07, 6.45) is 0. The first-order valence-electron chi connectivity index (χ1n) is 13.4. The van der Waals surface area contributed by atoms with Gasteiger partial charge in [0.1, 0.15) is 0 Å². The Morgan fingerprint density at radius 2 is 0.974 bits per heavy atom. The minimum Gasteiger partial charge on any atom is -0.354 e. The molecule has 182 valence electrons. The zero-order valence-corrected chi connectivity index (χ0v) is 21.1. The van der Waals surface area contributed by atoms with Crippen LogP contribution in [0.5, 0.6) is 0 Å². The maximum absolute atomic E-state index is 3.87. The van der Waals surface area contributed by atoms with Gasteiger partial charge in [0.2, 0.25) is 0 Å². The summed E-state index contributed by atoms with van der Waals surface area (Å²) in [4.78, 5) is 3.87. The first kappa shape index (κ1) is 20.7. The molecular weight excluding hydrogens is 474 g/mol. The van der Waals surface area contributed by atoms with Crippen LogP contribution in [0.25, 0.3) is 76.8 Å². The Bertz CT molecular complexity index is 2370. The predicted octanol–water partition coefficient (Wildman–Crippen LogP) is 9.52. The van der Waals surface area contributed by atoms with E-state index in [1.807, 2.05) is 0 Å². The maximum Gasteiger partial charge on any atom is 0.0566 e. The lowest BCUT2D eigenvalue weighted by Gasteiger charge is -2.07. The number of hydrogen-bond acceptors (Lipinski definition) is 0.